The van der Waals surface area contributed by atoms with Crippen molar-refractivity contribution in [1.29, 1.82) is 0 Å². The van der Waals surface area contributed by atoms with E-state index < -0.39 is 10.0 Å². The lowest BCUT2D eigenvalue weighted by Crippen LogP contribution is -2.41. The number of hydrogen-bond acceptors (Lipinski definition) is 3. The molecule has 3 rings (SSSR count). The monoisotopic (exact) mass is 359 g/mol. The highest BCUT2D eigenvalue weighted by molar-refractivity contribution is 7.89. The Balaban J connectivity index is 1.63. The summed E-state index contributed by atoms with van der Waals surface area (Å²) in [5.74, 6) is 1.23. The van der Waals surface area contributed by atoms with Gasteiger partial charge in [0.15, 0.2) is 0 Å². The summed E-state index contributed by atoms with van der Waals surface area (Å²) >= 11 is 0. The van der Waals surface area contributed by atoms with Gasteiger partial charge in [0.05, 0.1) is 4.90 Å². The summed E-state index contributed by atoms with van der Waals surface area (Å²) in [6.45, 7) is 5.18. The molecule has 0 spiro atoms. The Morgan fingerprint density at radius 1 is 0.960 bits per heavy atom. The first-order chi connectivity index (χ1) is 12.0. The van der Waals surface area contributed by atoms with Crippen LogP contribution in [0.3, 0.4) is 0 Å². The number of sulfonamides is 1. The molecule has 0 aliphatic carbocycles. The number of piperidine rings is 1. The highest BCUT2D eigenvalue weighted by atomic mass is 32.2. The summed E-state index contributed by atoms with van der Waals surface area (Å²) in [6, 6.07) is 16.9. The quantitative estimate of drug-likeness (QED) is 0.809. The van der Waals surface area contributed by atoms with Gasteiger partial charge in [-0.1, -0.05) is 44.2 Å². The van der Waals surface area contributed by atoms with E-state index in [2.05, 4.69) is 13.8 Å². The predicted octanol–water partition coefficient (Wildman–Crippen LogP) is 4.04. The van der Waals surface area contributed by atoms with Crippen molar-refractivity contribution in [2.45, 2.75) is 43.6 Å². The Kier molecular flexibility index (Phi) is 5.45. The minimum Gasteiger partial charge on any atom is -0.490 e. The maximum absolute atomic E-state index is 12.8. The Hall–Kier alpha value is -1.85. The van der Waals surface area contributed by atoms with Crippen molar-refractivity contribution in [2.24, 2.45) is 0 Å². The molecule has 2 aromatic rings. The maximum atomic E-state index is 12.8. The van der Waals surface area contributed by atoms with Crippen LogP contribution in [0.5, 0.6) is 5.75 Å². The maximum Gasteiger partial charge on any atom is 0.243 e. The van der Waals surface area contributed by atoms with E-state index in [-0.39, 0.29) is 6.10 Å². The summed E-state index contributed by atoms with van der Waals surface area (Å²) in [4.78, 5) is 0.374. The molecule has 2 aromatic carbocycles. The van der Waals surface area contributed by atoms with Crippen molar-refractivity contribution in [1.82, 2.24) is 4.31 Å². The van der Waals surface area contributed by atoms with Crippen LogP contribution in [0.15, 0.2) is 59.5 Å². The Labute approximate surface area is 150 Å². The average Bonchev–Trinajstić information content (AvgIpc) is 2.63. The van der Waals surface area contributed by atoms with Gasteiger partial charge in [0.25, 0.3) is 0 Å². The Morgan fingerprint density at radius 2 is 1.56 bits per heavy atom. The zero-order valence-electron chi connectivity index (χ0n) is 14.8. The molecule has 0 radical (unpaired) electrons. The van der Waals surface area contributed by atoms with Crippen LogP contribution in [0.1, 0.15) is 38.2 Å². The lowest BCUT2D eigenvalue weighted by molar-refractivity contribution is 0.135. The zero-order valence-corrected chi connectivity index (χ0v) is 15.6. The summed E-state index contributed by atoms with van der Waals surface area (Å²) in [6.07, 6.45) is 1.48. The van der Waals surface area contributed by atoms with Crippen LogP contribution in [0.2, 0.25) is 0 Å². The summed E-state index contributed by atoms with van der Waals surface area (Å²) < 4.78 is 33.2. The van der Waals surface area contributed by atoms with Gasteiger partial charge in [0.1, 0.15) is 11.9 Å². The zero-order chi connectivity index (χ0) is 17.9. The average molecular weight is 359 g/mol. The van der Waals surface area contributed by atoms with Gasteiger partial charge in [0, 0.05) is 13.1 Å². The van der Waals surface area contributed by atoms with Crippen molar-refractivity contribution in [3.8, 4) is 5.75 Å². The van der Waals surface area contributed by atoms with Crippen LogP contribution < -0.4 is 4.74 Å². The topological polar surface area (TPSA) is 46.6 Å². The molecule has 1 fully saturated rings. The summed E-state index contributed by atoms with van der Waals surface area (Å²) in [5.41, 5.74) is 1.15. The van der Waals surface area contributed by atoms with Gasteiger partial charge >= 0.3 is 0 Å². The molecule has 1 saturated heterocycles. The molecule has 25 heavy (non-hydrogen) atoms. The fourth-order valence-electron chi connectivity index (χ4n) is 3.06. The summed E-state index contributed by atoms with van der Waals surface area (Å²) in [5, 5.41) is 0. The van der Waals surface area contributed by atoms with Crippen LogP contribution in [-0.2, 0) is 10.0 Å². The second kappa shape index (κ2) is 7.58. The molecule has 0 atom stereocenters. The van der Waals surface area contributed by atoms with E-state index in [1.54, 1.807) is 16.4 Å². The van der Waals surface area contributed by atoms with Crippen molar-refractivity contribution < 1.29 is 13.2 Å². The lowest BCUT2D eigenvalue weighted by Gasteiger charge is -2.31. The number of hydrogen-bond donors (Lipinski definition) is 0. The van der Waals surface area contributed by atoms with Crippen LogP contribution in [0, 0.1) is 0 Å². The smallest absolute Gasteiger partial charge is 0.243 e. The standard InChI is InChI=1S/C20H25NO3S/c1-16(2)17-8-10-20(11-9-17)25(22,23)21-14-12-19(13-15-21)24-18-6-4-3-5-7-18/h3-11,16,19H,12-15H2,1-2H3. The van der Waals surface area contributed by atoms with Gasteiger partial charge in [-0.3, -0.25) is 0 Å². The third-order valence-electron chi connectivity index (χ3n) is 4.63. The molecule has 0 N–H and O–H groups in total. The Bertz CT molecular complexity index is 777. The molecule has 0 aromatic heterocycles. The van der Waals surface area contributed by atoms with Crippen molar-refractivity contribution >= 4 is 10.0 Å². The molecule has 1 aliphatic rings. The number of ether oxygens (including phenoxy) is 1. The highest BCUT2D eigenvalue weighted by Gasteiger charge is 2.30. The van der Waals surface area contributed by atoms with Gasteiger partial charge < -0.3 is 4.74 Å². The molecule has 134 valence electrons. The predicted molar refractivity (Wildman–Crippen MR) is 99.4 cm³/mol. The van der Waals surface area contributed by atoms with E-state index in [1.165, 1.54) is 0 Å². The SMILES string of the molecule is CC(C)c1ccc(S(=O)(=O)N2CCC(Oc3ccccc3)CC2)cc1. The number of nitrogens with zero attached hydrogens (tertiary/aromatic N) is 1. The molecule has 0 bridgehead atoms. The van der Waals surface area contributed by atoms with E-state index in [9.17, 15) is 8.42 Å². The van der Waals surface area contributed by atoms with Gasteiger partial charge in [0.2, 0.25) is 10.0 Å². The molecule has 4 nitrogen and oxygen atoms in total. The van der Waals surface area contributed by atoms with Gasteiger partial charge in [-0.15, -0.1) is 0 Å². The van der Waals surface area contributed by atoms with E-state index in [0.29, 0.717) is 36.7 Å². The van der Waals surface area contributed by atoms with Gasteiger partial charge in [-0.25, -0.2) is 8.42 Å². The minimum atomic E-state index is -3.42. The van der Waals surface area contributed by atoms with Crippen molar-refractivity contribution in [2.75, 3.05) is 13.1 Å². The molecule has 5 heteroatoms. The molecule has 0 saturated carbocycles. The van der Waals surface area contributed by atoms with Crippen LogP contribution >= 0.6 is 0 Å². The number of benzene rings is 2. The summed E-state index contributed by atoms with van der Waals surface area (Å²) in [7, 11) is -3.42. The number of rotatable bonds is 5. The number of para-hydroxylation sites is 1. The molecular formula is C20H25NO3S. The first-order valence-corrected chi connectivity index (χ1v) is 10.2. The third kappa shape index (κ3) is 4.22. The lowest BCUT2D eigenvalue weighted by atomic mass is 10.0. The second-order valence-corrected chi connectivity index (χ2v) is 8.70. The van der Waals surface area contributed by atoms with Crippen molar-refractivity contribution in [3.05, 3.63) is 60.2 Å². The molecule has 1 aliphatic heterocycles. The second-order valence-electron chi connectivity index (χ2n) is 6.76. The largest absolute Gasteiger partial charge is 0.490 e. The minimum absolute atomic E-state index is 0.0668. The molecule has 0 unspecified atom stereocenters. The van der Waals surface area contributed by atoms with Crippen LogP contribution in [0.4, 0.5) is 0 Å². The highest BCUT2D eigenvalue weighted by Crippen LogP contribution is 2.25. The van der Waals surface area contributed by atoms with Crippen LogP contribution in [0.25, 0.3) is 0 Å². The fraction of sp³-hybridized carbons (Fsp3) is 0.400. The molecule has 1 heterocycles. The molecule has 0 amide bonds. The first-order valence-electron chi connectivity index (χ1n) is 8.78. The van der Waals surface area contributed by atoms with Crippen LogP contribution in [-0.4, -0.2) is 31.9 Å². The van der Waals surface area contributed by atoms with E-state index >= 15 is 0 Å². The van der Waals surface area contributed by atoms with E-state index in [1.807, 2.05) is 42.5 Å². The van der Waals surface area contributed by atoms with Gasteiger partial charge in [-0.05, 0) is 48.6 Å². The first kappa shape index (κ1) is 18.0. The molecular weight excluding hydrogens is 334 g/mol. The Morgan fingerprint density at radius 3 is 2.12 bits per heavy atom. The normalized spacial score (nSPS) is 16.9. The third-order valence-corrected chi connectivity index (χ3v) is 6.54. The van der Waals surface area contributed by atoms with E-state index in [4.69, 9.17) is 4.74 Å². The van der Waals surface area contributed by atoms with E-state index in [0.717, 1.165) is 11.3 Å². The van der Waals surface area contributed by atoms with Gasteiger partial charge in [-0.2, -0.15) is 4.31 Å². The van der Waals surface area contributed by atoms with Crippen molar-refractivity contribution in [3.63, 3.8) is 0 Å². The fourth-order valence-corrected chi connectivity index (χ4v) is 4.53.